The normalized spacial score (nSPS) is 10.4. The second-order valence-corrected chi connectivity index (χ2v) is 3.82. The fourth-order valence-electron chi connectivity index (χ4n) is 1.62. The van der Waals surface area contributed by atoms with Gasteiger partial charge in [-0.2, -0.15) is 0 Å². The van der Waals surface area contributed by atoms with Crippen molar-refractivity contribution < 1.29 is 9.50 Å². The van der Waals surface area contributed by atoms with Gasteiger partial charge in [-0.05, 0) is 41.3 Å². The van der Waals surface area contributed by atoms with Gasteiger partial charge in [0.15, 0.2) is 0 Å². The van der Waals surface area contributed by atoms with Gasteiger partial charge in [0.2, 0.25) is 0 Å². The van der Waals surface area contributed by atoms with Crippen LogP contribution in [-0.4, -0.2) is 5.11 Å². The summed E-state index contributed by atoms with van der Waals surface area (Å²) in [5.74, 6) is -0.202. The molecule has 2 heteroatoms. The van der Waals surface area contributed by atoms with E-state index in [9.17, 15) is 4.39 Å². The van der Waals surface area contributed by atoms with Crippen LogP contribution in [0.25, 0.3) is 11.1 Å². The third kappa shape index (κ3) is 2.12. The lowest BCUT2D eigenvalue weighted by Gasteiger charge is -2.05. The molecule has 0 unspecified atom stereocenters. The van der Waals surface area contributed by atoms with Crippen LogP contribution in [0.1, 0.15) is 11.1 Å². The second kappa shape index (κ2) is 4.45. The molecule has 0 heterocycles. The van der Waals surface area contributed by atoms with Gasteiger partial charge < -0.3 is 5.11 Å². The first-order chi connectivity index (χ1) is 7.70. The number of aryl methyl sites for hydroxylation is 1. The molecule has 2 aromatic carbocycles. The van der Waals surface area contributed by atoms with Crippen LogP contribution in [0.3, 0.4) is 0 Å². The minimum atomic E-state index is -0.202. The van der Waals surface area contributed by atoms with Gasteiger partial charge in [0.25, 0.3) is 0 Å². The summed E-state index contributed by atoms with van der Waals surface area (Å²) in [6.45, 7) is 1.74. The predicted octanol–water partition coefficient (Wildman–Crippen LogP) is 3.29. The van der Waals surface area contributed by atoms with Gasteiger partial charge in [0, 0.05) is 0 Å². The molecular weight excluding hydrogens is 203 g/mol. The van der Waals surface area contributed by atoms with Crippen molar-refractivity contribution in [2.75, 3.05) is 0 Å². The first-order valence-corrected chi connectivity index (χ1v) is 5.17. The number of rotatable bonds is 2. The maximum Gasteiger partial charge on any atom is 0.126 e. The summed E-state index contributed by atoms with van der Waals surface area (Å²) < 4.78 is 13.4. The summed E-state index contributed by atoms with van der Waals surface area (Å²) >= 11 is 0. The zero-order valence-corrected chi connectivity index (χ0v) is 9.07. The van der Waals surface area contributed by atoms with Crippen molar-refractivity contribution in [3.63, 3.8) is 0 Å². The largest absolute Gasteiger partial charge is 0.392 e. The molecule has 0 saturated heterocycles. The van der Waals surface area contributed by atoms with Gasteiger partial charge in [-0.3, -0.25) is 0 Å². The highest BCUT2D eigenvalue weighted by Crippen LogP contribution is 2.22. The Morgan fingerprint density at radius 1 is 1.06 bits per heavy atom. The summed E-state index contributed by atoms with van der Waals surface area (Å²) in [5, 5.41) is 9.03. The molecule has 2 rings (SSSR count). The Hall–Kier alpha value is -1.67. The highest BCUT2D eigenvalue weighted by atomic mass is 19.1. The van der Waals surface area contributed by atoms with Gasteiger partial charge in [0.05, 0.1) is 6.61 Å². The van der Waals surface area contributed by atoms with Crippen LogP contribution in [0.2, 0.25) is 0 Å². The maximum absolute atomic E-state index is 13.4. The number of halogens is 1. The standard InChI is InChI=1S/C14H13FO/c1-10-5-6-13(8-14(10)15)12-4-2-3-11(7-12)9-16/h2-8,16H,9H2,1H3. The van der Waals surface area contributed by atoms with E-state index < -0.39 is 0 Å². The average molecular weight is 216 g/mol. The Balaban J connectivity index is 2.46. The van der Waals surface area contributed by atoms with Crippen molar-refractivity contribution in [3.05, 3.63) is 59.4 Å². The molecule has 0 amide bonds. The molecule has 0 radical (unpaired) electrons. The third-order valence-electron chi connectivity index (χ3n) is 2.61. The Labute approximate surface area is 94.2 Å². The van der Waals surface area contributed by atoms with Gasteiger partial charge in [-0.15, -0.1) is 0 Å². The van der Waals surface area contributed by atoms with Crippen LogP contribution in [0.4, 0.5) is 4.39 Å². The number of benzene rings is 2. The van der Waals surface area contributed by atoms with E-state index in [2.05, 4.69) is 0 Å². The van der Waals surface area contributed by atoms with Crippen LogP contribution in [-0.2, 0) is 6.61 Å². The predicted molar refractivity (Wildman–Crippen MR) is 62.5 cm³/mol. The van der Waals surface area contributed by atoms with Crippen molar-refractivity contribution in [1.29, 1.82) is 0 Å². The average Bonchev–Trinajstić information content (AvgIpc) is 2.33. The molecule has 1 N–H and O–H groups in total. The molecule has 0 spiro atoms. The smallest absolute Gasteiger partial charge is 0.126 e. The van der Waals surface area contributed by atoms with Gasteiger partial charge >= 0.3 is 0 Å². The van der Waals surface area contributed by atoms with E-state index in [0.717, 1.165) is 16.7 Å². The van der Waals surface area contributed by atoms with Crippen LogP contribution in [0.5, 0.6) is 0 Å². The fourth-order valence-corrected chi connectivity index (χ4v) is 1.62. The maximum atomic E-state index is 13.4. The molecule has 0 aliphatic rings. The van der Waals surface area contributed by atoms with Crippen LogP contribution >= 0.6 is 0 Å². The zero-order chi connectivity index (χ0) is 11.5. The molecule has 0 aromatic heterocycles. The van der Waals surface area contributed by atoms with Gasteiger partial charge in [-0.1, -0.05) is 30.3 Å². The molecule has 2 aromatic rings. The summed E-state index contributed by atoms with van der Waals surface area (Å²) in [4.78, 5) is 0. The van der Waals surface area contributed by atoms with E-state index in [1.54, 1.807) is 13.0 Å². The molecular formula is C14H13FO. The monoisotopic (exact) mass is 216 g/mol. The van der Waals surface area contributed by atoms with Crippen molar-refractivity contribution in [3.8, 4) is 11.1 Å². The lowest BCUT2D eigenvalue weighted by atomic mass is 10.0. The molecule has 0 bridgehead atoms. The first kappa shape index (κ1) is 10.8. The summed E-state index contributed by atoms with van der Waals surface area (Å²) in [5.41, 5.74) is 3.23. The first-order valence-electron chi connectivity index (χ1n) is 5.17. The van der Waals surface area contributed by atoms with Crippen LogP contribution in [0.15, 0.2) is 42.5 Å². The topological polar surface area (TPSA) is 20.2 Å². The summed E-state index contributed by atoms with van der Waals surface area (Å²) in [6.07, 6.45) is 0. The minimum Gasteiger partial charge on any atom is -0.392 e. The van der Waals surface area contributed by atoms with E-state index in [0.29, 0.717) is 5.56 Å². The molecule has 0 saturated carbocycles. The lowest BCUT2D eigenvalue weighted by Crippen LogP contribution is -1.87. The van der Waals surface area contributed by atoms with Crippen molar-refractivity contribution in [1.82, 2.24) is 0 Å². The number of aliphatic hydroxyl groups is 1. The number of hydrogen-bond donors (Lipinski definition) is 1. The minimum absolute atomic E-state index is 0.00217. The molecule has 0 atom stereocenters. The second-order valence-electron chi connectivity index (χ2n) is 3.82. The van der Waals surface area contributed by atoms with Crippen LogP contribution < -0.4 is 0 Å². The van der Waals surface area contributed by atoms with E-state index in [1.807, 2.05) is 30.3 Å². The molecule has 0 aliphatic heterocycles. The highest BCUT2D eigenvalue weighted by Gasteiger charge is 2.02. The lowest BCUT2D eigenvalue weighted by molar-refractivity contribution is 0.282. The SMILES string of the molecule is Cc1ccc(-c2cccc(CO)c2)cc1F. The third-order valence-corrected chi connectivity index (χ3v) is 2.61. The van der Waals surface area contributed by atoms with Crippen molar-refractivity contribution in [2.45, 2.75) is 13.5 Å². The Morgan fingerprint density at radius 2 is 1.81 bits per heavy atom. The highest BCUT2D eigenvalue weighted by molar-refractivity contribution is 5.64. The number of hydrogen-bond acceptors (Lipinski definition) is 1. The Morgan fingerprint density at radius 3 is 2.50 bits per heavy atom. The quantitative estimate of drug-likeness (QED) is 0.816. The van der Waals surface area contributed by atoms with Crippen molar-refractivity contribution in [2.24, 2.45) is 0 Å². The van der Waals surface area contributed by atoms with Gasteiger partial charge in [0.1, 0.15) is 5.82 Å². The Bertz CT molecular complexity index is 506. The van der Waals surface area contributed by atoms with E-state index in [1.165, 1.54) is 6.07 Å². The van der Waals surface area contributed by atoms with E-state index >= 15 is 0 Å². The van der Waals surface area contributed by atoms with E-state index in [-0.39, 0.29) is 12.4 Å². The van der Waals surface area contributed by atoms with Crippen LogP contribution in [0, 0.1) is 12.7 Å². The zero-order valence-electron chi connectivity index (χ0n) is 9.07. The van der Waals surface area contributed by atoms with Crippen molar-refractivity contribution >= 4 is 0 Å². The number of aliphatic hydroxyl groups excluding tert-OH is 1. The molecule has 1 nitrogen and oxygen atoms in total. The van der Waals surface area contributed by atoms with Gasteiger partial charge in [-0.25, -0.2) is 4.39 Å². The fraction of sp³-hybridized carbons (Fsp3) is 0.143. The molecule has 16 heavy (non-hydrogen) atoms. The molecule has 0 aliphatic carbocycles. The summed E-state index contributed by atoms with van der Waals surface area (Å²) in [6, 6.07) is 12.6. The Kier molecular flexibility index (Phi) is 3.02. The molecule has 0 fully saturated rings. The summed E-state index contributed by atoms with van der Waals surface area (Å²) in [7, 11) is 0. The van der Waals surface area contributed by atoms with E-state index in [4.69, 9.17) is 5.11 Å². The molecule has 82 valence electrons.